The molecule has 0 aromatic carbocycles. The third kappa shape index (κ3) is 3.11. The van der Waals surface area contributed by atoms with E-state index in [0.29, 0.717) is 42.2 Å². The Labute approximate surface area is 124 Å². The standard InChI is InChI=1S/C14H18N2O3.ClH/c1-3-19-12-7-4-8-16-13(10(2)15-14(12)16)11(18)6-5-9-17;/h4,7-8,17H,3,5-6,9H2,1-2H3;1H. The number of hydrogen-bond donors (Lipinski definition) is 1. The number of fused-ring (bicyclic) bond motifs is 1. The summed E-state index contributed by atoms with van der Waals surface area (Å²) in [5.74, 6) is 0.669. The average Bonchev–Trinajstić information content (AvgIpc) is 2.73. The Morgan fingerprint density at radius 1 is 1.50 bits per heavy atom. The molecule has 0 fully saturated rings. The molecule has 2 aromatic rings. The quantitative estimate of drug-likeness (QED) is 0.832. The van der Waals surface area contributed by atoms with Crippen molar-refractivity contribution in [1.82, 2.24) is 9.38 Å². The van der Waals surface area contributed by atoms with Crippen LogP contribution in [0.25, 0.3) is 5.65 Å². The van der Waals surface area contributed by atoms with Gasteiger partial charge in [0.05, 0.1) is 12.3 Å². The fourth-order valence-electron chi connectivity index (χ4n) is 2.12. The van der Waals surface area contributed by atoms with Crippen molar-refractivity contribution in [3.8, 4) is 5.75 Å². The van der Waals surface area contributed by atoms with Gasteiger partial charge in [-0.1, -0.05) is 0 Å². The molecule has 0 saturated heterocycles. The van der Waals surface area contributed by atoms with Crippen LogP contribution in [0.1, 0.15) is 35.9 Å². The second-order valence-electron chi connectivity index (χ2n) is 4.30. The second kappa shape index (κ2) is 7.26. The van der Waals surface area contributed by atoms with Crippen LogP contribution in [-0.4, -0.2) is 33.5 Å². The minimum absolute atomic E-state index is 0. The van der Waals surface area contributed by atoms with Gasteiger partial charge >= 0.3 is 0 Å². The fraction of sp³-hybridized carbons (Fsp3) is 0.429. The van der Waals surface area contributed by atoms with E-state index in [1.807, 2.05) is 32.2 Å². The number of pyridine rings is 1. The first kappa shape index (κ1) is 16.5. The van der Waals surface area contributed by atoms with Crippen molar-refractivity contribution in [2.45, 2.75) is 26.7 Å². The Hall–Kier alpha value is -1.59. The lowest BCUT2D eigenvalue weighted by Crippen LogP contribution is -2.06. The number of hydrogen-bond acceptors (Lipinski definition) is 4. The molecule has 0 aliphatic rings. The van der Waals surface area contributed by atoms with E-state index in [4.69, 9.17) is 9.84 Å². The number of aliphatic hydroxyl groups is 1. The Bertz CT molecular complexity index is 595. The largest absolute Gasteiger partial charge is 0.490 e. The van der Waals surface area contributed by atoms with E-state index in [-0.39, 0.29) is 24.8 Å². The summed E-state index contributed by atoms with van der Waals surface area (Å²) in [6.45, 7) is 4.30. The molecule has 20 heavy (non-hydrogen) atoms. The molecule has 0 radical (unpaired) electrons. The van der Waals surface area contributed by atoms with Crippen LogP contribution in [-0.2, 0) is 0 Å². The van der Waals surface area contributed by atoms with E-state index in [1.54, 1.807) is 4.40 Å². The van der Waals surface area contributed by atoms with Crippen LogP contribution in [0, 0.1) is 6.92 Å². The Morgan fingerprint density at radius 2 is 2.25 bits per heavy atom. The minimum atomic E-state index is -0.00676. The molecule has 0 bridgehead atoms. The lowest BCUT2D eigenvalue weighted by Gasteiger charge is -2.05. The van der Waals surface area contributed by atoms with E-state index >= 15 is 0 Å². The summed E-state index contributed by atoms with van der Waals surface area (Å²) in [5.41, 5.74) is 1.93. The third-order valence-corrected chi connectivity index (χ3v) is 2.91. The van der Waals surface area contributed by atoms with Gasteiger partial charge < -0.3 is 9.84 Å². The molecule has 0 unspecified atom stereocenters. The molecule has 2 rings (SSSR count). The molecular weight excluding hydrogens is 280 g/mol. The van der Waals surface area contributed by atoms with Crippen LogP contribution in [0.5, 0.6) is 5.75 Å². The van der Waals surface area contributed by atoms with Gasteiger partial charge in [0, 0.05) is 19.2 Å². The predicted octanol–water partition coefficient (Wildman–Crippen LogP) is 2.42. The number of nitrogens with zero attached hydrogens (tertiary/aromatic N) is 2. The molecule has 0 aliphatic carbocycles. The zero-order chi connectivity index (χ0) is 13.8. The number of Topliss-reactive ketones (excluding diaryl/α,β-unsaturated/α-hetero) is 1. The second-order valence-corrected chi connectivity index (χ2v) is 4.30. The molecule has 110 valence electrons. The molecule has 6 heteroatoms. The normalized spacial score (nSPS) is 10.3. The van der Waals surface area contributed by atoms with Crippen molar-refractivity contribution in [1.29, 1.82) is 0 Å². The summed E-state index contributed by atoms with van der Waals surface area (Å²) in [7, 11) is 0. The zero-order valence-corrected chi connectivity index (χ0v) is 12.4. The number of ether oxygens (including phenoxy) is 1. The van der Waals surface area contributed by atoms with Gasteiger partial charge in [-0.3, -0.25) is 9.20 Å². The smallest absolute Gasteiger partial charge is 0.181 e. The van der Waals surface area contributed by atoms with Crippen LogP contribution in [0.2, 0.25) is 0 Å². The fourth-order valence-corrected chi connectivity index (χ4v) is 2.12. The number of halogens is 1. The van der Waals surface area contributed by atoms with Crippen molar-refractivity contribution in [3.63, 3.8) is 0 Å². The molecule has 2 aromatic heterocycles. The van der Waals surface area contributed by atoms with Crippen LogP contribution in [0.15, 0.2) is 18.3 Å². The van der Waals surface area contributed by atoms with Gasteiger partial charge in [-0.2, -0.15) is 0 Å². The maximum atomic E-state index is 12.2. The van der Waals surface area contributed by atoms with E-state index in [9.17, 15) is 4.79 Å². The number of rotatable bonds is 6. The maximum absolute atomic E-state index is 12.2. The summed E-state index contributed by atoms with van der Waals surface area (Å²) in [6.07, 6.45) is 2.60. The Kier molecular flexibility index (Phi) is 5.98. The molecule has 0 spiro atoms. The summed E-state index contributed by atoms with van der Waals surface area (Å²) < 4.78 is 7.28. The number of ketones is 1. The molecule has 0 saturated carbocycles. The summed E-state index contributed by atoms with van der Waals surface area (Å²) >= 11 is 0. The molecule has 5 nitrogen and oxygen atoms in total. The van der Waals surface area contributed by atoms with Crippen molar-refractivity contribution < 1.29 is 14.6 Å². The summed E-state index contributed by atoms with van der Waals surface area (Å²) in [4.78, 5) is 16.6. The lowest BCUT2D eigenvalue weighted by atomic mass is 10.1. The predicted molar refractivity (Wildman–Crippen MR) is 79.0 cm³/mol. The number of aliphatic hydroxyl groups excluding tert-OH is 1. The highest BCUT2D eigenvalue weighted by atomic mass is 35.5. The maximum Gasteiger partial charge on any atom is 0.181 e. The Morgan fingerprint density at radius 3 is 2.90 bits per heavy atom. The highest BCUT2D eigenvalue weighted by Gasteiger charge is 2.18. The van der Waals surface area contributed by atoms with E-state index in [0.717, 1.165) is 0 Å². The molecular formula is C14H19ClN2O3. The molecule has 0 atom stereocenters. The highest BCUT2D eigenvalue weighted by molar-refractivity contribution is 5.96. The number of imidazole rings is 1. The zero-order valence-electron chi connectivity index (χ0n) is 11.6. The van der Waals surface area contributed by atoms with Gasteiger partial charge in [0.15, 0.2) is 17.2 Å². The van der Waals surface area contributed by atoms with E-state index < -0.39 is 0 Å². The highest BCUT2D eigenvalue weighted by Crippen LogP contribution is 2.23. The molecule has 1 N–H and O–H groups in total. The van der Waals surface area contributed by atoms with E-state index in [2.05, 4.69) is 4.98 Å². The molecule has 2 heterocycles. The van der Waals surface area contributed by atoms with Gasteiger partial charge in [-0.25, -0.2) is 4.98 Å². The first-order valence-electron chi connectivity index (χ1n) is 6.43. The van der Waals surface area contributed by atoms with Gasteiger partial charge in [0.25, 0.3) is 0 Å². The van der Waals surface area contributed by atoms with Gasteiger partial charge in [-0.15, -0.1) is 12.4 Å². The number of carbonyl (C=O) groups excluding carboxylic acids is 1. The number of aromatic nitrogens is 2. The first-order valence-corrected chi connectivity index (χ1v) is 6.43. The SMILES string of the molecule is CCOc1cccn2c(C(=O)CCCO)c(C)nc12.Cl. The van der Waals surface area contributed by atoms with Crippen LogP contribution < -0.4 is 4.74 Å². The summed E-state index contributed by atoms with van der Waals surface area (Å²) in [6, 6.07) is 3.68. The van der Waals surface area contributed by atoms with Crippen molar-refractivity contribution >= 4 is 23.8 Å². The minimum Gasteiger partial charge on any atom is -0.490 e. The van der Waals surface area contributed by atoms with Crippen molar-refractivity contribution in [2.24, 2.45) is 0 Å². The number of carbonyl (C=O) groups is 1. The average molecular weight is 299 g/mol. The Balaban J connectivity index is 0.00000200. The van der Waals surface area contributed by atoms with Crippen LogP contribution in [0.4, 0.5) is 0 Å². The third-order valence-electron chi connectivity index (χ3n) is 2.91. The van der Waals surface area contributed by atoms with Crippen molar-refractivity contribution in [3.05, 3.63) is 29.7 Å². The van der Waals surface area contributed by atoms with Gasteiger partial charge in [0.2, 0.25) is 0 Å². The monoisotopic (exact) mass is 298 g/mol. The van der Waals surface area contributed by atoms with E-state index in [1.165, 1.54) is 0 Å². The number of aryl methyl sites for hydroxylation is 1. The van der Waals surface area contributed by atoms with Crippen LogP contribution in [0.3, 0.4) is 0 Å². The molecule has 0 amide bonds. The lowest BCUT2D eigenvalue weighted by molar-refractivity contribution is 0.0965. The van der Waals surface area contributed by atoms with Gasteiger partial charge in [0.1, 0.15) is 5.69 Å². The molecule has 0 aliphatic heterocycles. The van der Waals surface area contributed by atoms with Crippen LogP contribution >= 0.6 is 12.4 Å². The topological polar surface area (TPSA) is 63.8 Å². The first-order chi connectivity index (χ1) is 9.19. The van der Waals surface area contributed by atoms with Crippen molar-refractivity contribution in [2.75, 3.05) is 13.2 Å². The van der Waals surface area contributed by atoms with Gasteiger partial charge in [-0.05, 0) is 32.4 Å². The summed E-state index contributed by atoms with van der Waals surface area (Å²) in [5, 5.41) is 8.81.